The van der Waals surface area contributed by atoms with Gasteiger partial charge >= 0.3 is 6.16 Å². The van der Waals surface area contributed by atoms with Gasteiger partial charge in [-0.05, 0) is 12.1 Å². The van der Waals surface area contributed by atoms with Gasteiger partial charge in [-0.1, -0.05) is 35.4 Å². The van der Waals surface area contributed by atoms with Crippen LogP contribution in [0.2, 0.25) is 0 Å². The lowest BCUT2D eigenvalue weighted by Gasteiger charge is -2.15. The smallest absolute Gasteiger partial charge is 0.393 e. The molecule has 0 aromatic heterocycles. The zero-order chi connectivity index (χ0) is 15.3. The lowest BCUT2D eigenvalue weighted by atomic mass is 9.85. The van der Waals surface area contributed by atoms with Crippen LogP contribution in [0.5, 0.6) is 5.75 Å². The lowest BCUT2D eigenvalue weighted by molar-refractivity contribution is -0.179. The first-order valence-electron chi connectivity index (χ1n) is 6.81. The highest BCUT2D eigenvalue weighted by Crippen LogP contribution is 2.45. The van der Waals surface area contributed by atoms with E-state index in [1.807, 2.05) is 0 Å². The van der Waals surface area contributed by atoms with Crippen molar-refractivity contribution < 1.29 is 28.7 Å². The predicted octanol–water partition coefficient (Wildman–Crippen LogP) is 1.06. The number of fused-ring (bicyclic) bond motifs is 5. The Labute approximate surface area is 125 Å². The molecule has 7 heteroatoms. The van der Waals surface area contributed by atoms with Crippen LogP contribution in [0.25, 0.3) is 0 Å². The fourth-order valence-corrected chi connectivity index (χ4v) is 3.04. The SMILES string of the molecule is O=C(Oc1ccccc1)ON1C(=O)C2C3C=CC(O3)C2C1=O. The molecule has 2 fully saturated rings. The van der Waals surface area contributed by atoms with Gasteiger partial charge in [0.15, 0.2) is 0 Å². The van der Waals surface area contributed by atoms with Crippen molar-refractivity contribution in [2.45, 2.75) is 12.2 Å². The first kappa shape index (κ1) is 13.0. The standard InChI is InChI=1S/C15H11NO6/c17-13-11-9-6-7-10(21-9)12(11)14(18)16(13)22-15(19)20-8-4-2-1-3-5-8/h1-7,9-12H. The van der Waals surface area contributed by atoms with E-state index in [2.05, 4.69) is 0 Å². The first-order chi connectivity index (χ1) is 10.6. The molecule has 0 aliphatic carbocycles. The topological polar surface area (TPSA) is 82.1 Å². The van der Waals surface area contributed by atoms with E-state index in [0.29, 0.717) is 5.06 Å². The van der Waals surface area contributed by atoms with Crippen molar-refractivity contribution >= 4 is 18.0 Å². The molecule has 1 aromatic carbocycles. The summed E-state index contributed by atoms with van der Waals surface area (Å²) in [5.74, 6) is -2.12. The Bertz CT molecular complexity index is 655. The number of ether oxygens (including phenoxy) is 2. The highest BCUT2D eigenvalue weighted by molar-refractivity contribution is 6.06. The van der Waals surface area contributed by atoms with Gasteiger partial charge in [-0.25, -0.2) is 4.79 Å². The third-order valence-corrected chi connectivity index (χ3v) is 3.98. The van der Waals surface area contributed by atoms with Crippen molar-refractivity contribution in [2.24, 2.45) is 11.8 Å². The summed E-state index contributed by atoms with van der Waals surface area (Å²) >= 11 is 0. The van der Waals surface area contributed by atoms with Gasteiger partial charge in [0.05, 0.1) is 24.0 Å². The van der Waals surface area contributed by atoms with E-state index in [9.17, 15) is 14.4 Å². The molecule has 0 radical (unpaired) electrons. The highest BCUT2D eigenvalue weighted by atomic mass is 16.8. The van der Waals surface area contributed by atoms with Crippen LogP contribution >= 0.6 is 0 Å². The average molecular weight is 301 g/mol. The maximum Gasteiger partial charge on any atom is 0.539 e. The quantitative estimate of drug-likeness (QED) is 0.351. The fraction of sp³-hybridized carbons (Fsp3) is 0.267. The molecule has 3 aliphatic heterocycles. The van der Waals surface area contributed by atoms with E-state index < -0.39 is 42.0 Å². The summed E-state index contributed by atoms with van der Waals surface area (Å²) < 4.78 is 10.4. The monoisotopic (exact) mass is 301 g/mol. The number of benzene rings is 1. The summed E-state index contributed by atoms with van der Waals surface area (Å²) in [5, 5.41) is 0.496. The van der Waals surface area contributed by atoms with Gasteiger partial charge < -0.3 is 9.47 Å². The van der Waals surface area contributed by atoms with E-state index in [-0.39, 0.29) is 5.75 Å². The maximum atomic E-state index is 12.2. The summed E-state index contributed by atoms with van der Waals surface area (Å²) in [6.45, 7) is 0. The highest BCUT2D eigenvalue weighted by Gasteiger charge is 2.62. The molecular formula is C15H11NO6. The molecule has 4 unspecified atom stereocenters. The molecule has 0 saturated carbocycles. The molecule has 4 rings (SSSR count). The summed E-state index contributed by atoms with van der Waals surface area (Å²) in [6, 6.07) is 8.23. The average Bonchev–Trinajstić information content (AvgIpc) is 3.18. The van der Waals surface area contributed by atoms with Crippen molar-refractivity contribution in [1.82, 2.24) is 5.06 Å². The van der Waals surface area contributed by atoms with Crippen LogP contribution in [0.4, 0.5) is 4.79 Å². The second kappa shape index (κ2) is 4.67. The normalized spacial score (nSPS) is 31.5. The summed E-state index contributed by atoms with van der Waals surface area (Å²) in [4.78, 5) is 41.0. The summed E-state index contributed by atoms with van der Waals surface area (Å²) in [7, 11) is 0. The first-order valence-corrected chi connectivity index (χ1v) is 6.81. The maximum absolute atomic E-state index is 12.2. The number of imide groups is 1. The van der Waals surface area contributed by atoms with E-state index in [0.717, 1.165) is 0 Å². The van der Waals surface area contributed by atoms with Crippen molar-refractivity contribution in [1.29, 1.82) is 0 Å². The van der Waals surface area contributed by atoms with Crippen LogP contribution < -0.4 is 4.74 Å². The molecule has 0 spiro atoms. The van der Waals surface area contributed by atoms with Gasteiger partial charge in [0, 0.05) is 0 Å². The van der Waals surface area contributed by atoms with Crippen molar-refractivity contribution in [3.8, 4) is 5.75 Å². The fourth-order valence-electron chi connectivity index (χ4n) is 3.04. The Morgan fingerprint density at radius 1 is 1.00 bits per heavy atom. The molecule has 2 saturated heterocycles. The molecule has 2 bridgehead atoms. The number of nitrogens with zero attached hydrogens (tertiary/aromatic N) is 1. The van der Waals surface area contributed by atoms with Crippen LogP contribution in [0.15, 0.2) is 42.5 Å². The third kappa shape index (κ3) is 1.82. The molecule has 7 nitrogen and oxygen atoms in total. The zero-order valence-electron chi connectivity index (χ0n) is 11.2. The number of rotatable bonds is 2. The van der Waals surface area contributed by atoms with Gasteiger partial charge in [0.2, 0.25) is 0 Å². The largest absolute Gasteiger partial charge is 0.539 e. The Hall–Kier alpha value is -2.67. The van der Waals surface area contributed by atoms with Crippen molar-refractivity contribution in [3.05, 3.63) is 42.5 Å². The van der Waals surface area contributed by atoms with Gasteiger partial charge in [-0.15, -0.1) is 0 Å². The molecule has 4 atom stereocenters. The molecule has 22 heavy (non-hydrogen) atoms. The zero-order valence-corrected chi connectivity index (χ0v) is 11.2. The number of amides is 2. The van der Waals surface area contributed by atoms with Crippen LogP contribution in [-0.2, 0) is 19.2 Å². The second-order valence-corrected chi connectivity index (χ2v) is 5.23. The predicted molar refractivity (Wildman–Crippen MR) is 70.2 cm³/mol. The number of hydrogen-bond acceptors (Lipinski definition) is 6. The summed E-state index contributed by atoms with van der Waals surface area (Å²) in [6.07, 6.45) is 1.52. The minimum Gasteiger partial charge on any atom is -0.393 e. The van der Waals surface area contributed by atoms with Crippen molar-refractivity contribution in [3.63, 3.8) is 0 Å². The Morgan fingerprint density at radius 3 is 2.18 bits per heavy atom. The minimum absolute atomic E-state index is 0.261. The second-order valence-electron chi connectivity index (χ2n) is 5.23. The molecular weight excluding hydrogens is 290 g/mol. The van der Waals surface area contributed by atoms with Crippen LogP contribution in [0, 0.1) is 11.8 Å². The molecule has 3 heterocycles. The third-order valence-electron chi connectivity index (χ3n) is 3.98. The minimum atomic E-state index is -1.13. The summed E-state index contributed by atoms with van der Waals surface area (Å²) in [5.41, 5.74) is 0. The van der Waals surface area contributed by atoms with Gasteiger partial charge in [0.1, 0.15) is 5.75 Å². The van der Waals surface area contributed by atoms with E-state index >= 15 is 0 Å². The Balaban J connectivity index is 1.47. The molecule has 2 amide bonds. The van der Waals surface area contributed by atoms with E-state index in [1.54, 1.807) is 42.5 Å². The van der Waals surface area contributed by atoms with Crippen LogP contribution in [0.1, 0.15) is 0 Å². The van der Waals surface area contributed by atoms with Gasteiger partial charge in [-0.2, -0.15) is 0 Å². The molecule has 0 N–H and O–H groups in total. The molecule has 112 valence electrons. The number of carbonyl (C=O) groups is 3. The molecule has 1 aromatic rings. The Kier molecular flexibility index (Phi) is 2.77. The van der Waals surface area contributed by atoms with Crippen LogP contribution in [-0.4, -0.2) is 35.2 Å². The Morgan fingerprint density at radius 2 is 1.59 bits per heavy atom. The number of hydroxylamine groups is 2. The van der Waals surface area contributed by atoms with Crippen LogP contribution in [0.3, 0.4) is 0 Å². The van der Waals surface area contributed by atoms with E-state index in [1.165, 1.54) is 0 Å². The number of hydrogen-bond donors (Lipinski definition) is 0. The lowest BCUT2D eigenvalue weighted by Crippen LogP contribution is -2.37. The van der Waals surface area contributed by atoms with Gasteiger partial charge in [0.25, 0.3) is 11.8 Å². The van der Waals surface area contributed by atoms with E-state index in [4.69, 9.17) is 14.3 Å². The number of para-hydroxylation sites is 1. The van der Waals surface area contributed by atoms with Crippen molar-refractivity contribution in [2.75, 3.05) is 0 Å². The van der Waals surface area contributed by atoms with Gasteiger partial charge in [-0.3, -0.25) is 14.4 Å². The number of carbonyl (C=O) groups excluding carboxylic acids is 3. The molecule has 3 aliphatic rings.